The Hall–Kier alpha value is -3.52. The van der Waals surface area contributed by atoms with Crippen LogP contribution in [0.3, 0.4) is 0 Å². The van der Waals surface area contributed by atoms with E-state index in [1.165, 1.54) is 17.3 Å². The molecule has 2 aromatic carbocycles. The average molecular weight is 477 g/mol. The highest BCUT2D eigenvalue weighted by Crippen LogP contribution is 2.34. The number of hydrogen-bond acceptors (Lipinski definition) is 6. The first-order chi connectivity index (χ1) is 16.6. The van der Waals surface area contributed by atoms with Crippen LogP contribution in [0.25, 0.3) is 16.8 Å². The molecule has 2 aromatic heterocycles. The van der Waals surface area contributed by atoms with Gasteiger partial charge in [0.25, 0.3) is 0 Å². The topological polar surface area (TPSA) is 77.8 Å². The highest BCUT2D eigenvalue weighted by molar-refractivity contribution is 7.99. The Morgan fingerprint density at radius 3 is 2.62 bits per heavy atom. The van der Waals surface area contributed by atoms with Crippen LogP contribution in [0.2, 0.25) is 0 Å². The standard InChI is InChI=1S/C26H28N4O3S/c1-18-14-25(34-17-24(31)27-13-7-10-19-8-5-4-6-9-19)30-26(29-18)21(16-28-30)20-11-12-22(32-2)23(15-20)33-3/h4-6,8-9,11-12,14-16H,7,10,13,17H2,1-3H3,(H,27,31). The molecule has 0 aliphatic carbocycles. The predicted octanol–water partition coefficient (Wildman–Crippen LogP) is 4.56. The third-order valence-corrected chi connectivity index (χ3v) is 6.41. The second-order valence-electron chi connectivity index (χ2n) is 7.83. The van der Waals surface area contributed by atoms with E-state index in [1.807, 2.05) is 49.4 Å². The van der Waals surface area contributed by atoms with Gasteiger partial charge in [0.1, 0.15) is 5.03 Å². The molecule has 0 saturated carbocycles. The zero-order valence-corrected chi connectivity index (χ0v) is 20.4. The summed E-state index contributed by atoms with van der Waals surface area (Å²) in [6, 6.07) is 18.0. The van der Waals surface area contributed by atoms with Gasteiger partial charge in [0.05, 0.1) is 26.2 Å². The Balaban J connectivity index is 1.42. The van der Waals surface area contributed by atoms with E-state index in [0.29, 0.717) is 23.8 Å². The van der Waals surface area contributed by atoms with Crippen molar-refractivity contribution in [3.8, 4) is 22.6 Å². The number of fused-ring (bicyclic) bond motifs is 1. The maximum absolute atomic E-state index is 12.4. The second kappa shape index (κ2) is 11.1. The van der Waals surface area contributed by atoms with Crippen LogP contribution >= 0.6 is 11.8 Å². The van der Waals surface area contributed by atoms with Crippen molar-refractivity contribution in [3.05, 3.63) is 72.1 Å². The number of amides is 1. The number of nitrogens with zero attached hydrogens (tertiary/aromatic N) is 3. The molecular formula is C26H28N4O3S. The van der Waals surface area contributed by atoms with Crippen LogP contribution in [0.4, 0.5) is 0 Å². The fourth-order valence-corrected chi connectivity index (χ4v) is 4.61. The van der Waals surface area contributed by atoms with E-state index >= 15 is 0 Å². The number of carbonyl (C=O) groups excluding carboxylic acids is 1. The van der Waals surface area contributed by atoms with E-state index in [4.69, 9.17) is 14.5 Å². The summed E-state index contributed by atoms with van der Waals surface area (Å²) in [5.74, 6) is 1.63. The minimum absolute atomic E-state index is 0.00736. The van der Waals surface area contributed by atoms with Gasteiger partial charge in [-0.25, -0.2) is 9.50 Å². The summed E-state index contributed by atoms with van der Waals surface area (Å²) in [5, 5.41) is 8.43. The molecule has 0 fully saturated rings. The monoisotopic (exact) mass is 476 g/mol. The second-order valence-corrected chi connectivity index (χ2v) is 8.82. The van der Waals surface area contributed by atoms with Crippen molar-refractivity contribution < 1.29 is 14.3 Å². The first kappa shape index (κ1) is 23.6. The van der Waals surface area contributed by atoms with Crippen LogP contribution in [0.15, 0.2) is 65.8 Å². The number of rotatable bonds is 10. The summed E-state index contributed by atoms with van der Waals surface area (Å²) in [7, 11) is 3.22. The van der Waals surface area contributed by atoms with Crippen LogP contribution in [-0.4, -0.2) is 47.0 Å². The number of benzene rings is 2. The number of ether oxygens (including phenoxy) is 2. The maximum Gasteiger partial charge on any atom is 0.230 e. The van der Waals surface area contributed by atoms with Crippen LogP contribution in [0.1, 0.15) is 17.7 Å². The number of methoxy groups -OCH3 is 2. The van der Waals surface area contributed by atoms with Gasteiger partial charge in [-0.2, -0.15) is 5.10 Å². The van der Waals surface area contributed by atoms with Crippen LogP contribution < -0.4 is 14.8 Å². The van der Waals surface area contributed by atoms with Crippen molar-refractivity contribution in [2.45, 2.75) is 24.8 Å². The molecule has 4 rings (SSSR count). The lowest BCUT2D eigenvalue weighted by Gasteiger charge is -2.10. The summed E-state index contributed by atoms with van der Waals surface area (Å²) < 4.78 is 12.6. The number of thioether (sulfide) groups is 1. The molecule has 1 N–H and O–H groups in total. The van der Waals surface area contributed by atoms with E-state index in [2.05, 4.69) is 22.5 Å². The molecule has 4 aromatic rings. The summed E-state index contributed by atoms with van der Waals surface area (Å²) in [6.45, 7) is 2.60. The molecule has 176 valence electrons. The van der Waals surface area contributed by atoms with Gasteiger partial charge in [-0.05, 0) is 49.1 Å². The smallest absolute Gasteiger partial charge is 0.230 e. The van der Waals surface area contributed by atoms with Crippen LogP contribution in [-0.2, 0) is 11.2 Å². The van der Waals surface area contributed by atoms with Gasteiger partial charge in [-0.1, -0.05) is 48.2 Å². The van der Waals surface area contributed by atoms with Crippen molar-refractivity contribution in [1.29, 1.82) is 0 Å². The summed E-state index contributed by atoms with van der Waals surface area (Å²) in [4.78, 5) is 17.1. The first-order valence-corrected chi connectivity index (χ1v) is 12.1. The lowest BCUT2D eigenvalue weighted by molar-refractivity contribution is -0.118. The van der Waals surface area contributed by atoms with Gasteiger partial charge >= 0.3 is 0 Å². The predicted molar refractivity (Wildman–Crippen MR) is 135 cm³/mol. The molecule has 34 heavy (non-hydrogen) atoms. The molecule has 0 saturated heterocycles. The third kappa shape index (κ3) is 5.51. The quantitative estimate of drug-likeness (QED) is 0.205. The third-order valence-electron chi connectivity index (χ3n) is 5.42. The number of aromatic nitrogens is 3. The van der Waals surface area contributed by atoms with Crippen molar-refractivity contribution in [2.24, 2.45) is 0 Å². The molecular weight excluding hydrogens is 448 g/mol. The lowest BCUT2D eigenvalue weighted by Crippen LogP contribution is -2.26. The van der Waals surface area contributed by atoms with E-state index in [-0.39, 0.29) is 5.91 Å². The van der Waals surface area contributed by atoms with Gasteiger partial charge < -0.3 is 14.8 Å². The number of carbonyl (C=O) groups is 1. The number of hydrogen-bond donors (Lipinski definition) is 1. The largest absolute Gasteiger partial charge is 0.493 e. The average Bonchev–Trinajstić information content (AvgIpc) is 3.29. The van der Waals surface area contributed by atoms with E-state index in [0.717, 1.165) is 40.3 Å². The fourth-order valence-electron chi connectivity index (χ4n) is 3.72. The normalized spacial score (nSPS) is 10.9. The Labute approximate surface area is 203 Å². The zero-order chi connectivity index (χ0) is 23.9. The molecule has 0 radical (unpaired) electrons. The number of nitrogens with one attached hydrogen (secondary N) is 1. The van der Waals surface area contributed by atoms with Crippen molar-refractivity contribution in [1.82, 2.24) is 19.9 Å². The zero-order valence-electron chi connectivity index (χ0n) is 19.6. The minimum atomic E-state index is 0.00736. The minimum Gasteiger partial charge on any atom is -0.493 e. The van der Waals surface area contributed by atoms with E-state index < -0.39 is 0 Å². The van der Waals surface area contributed by atoms with Gasteiger partial charge in [0.2, 0.25) is 5.91 Å². The summed E-state index contributed by atoms with van der Waals surface area (Å²) >= 11 is 1.45. The molecule has 0 atom stereocenters. The lowest BCUT2D eigenvalue weighted by atomic mass is 10.1. The molecule has 8 heteroatoms. The molecule has 7 nitrogen and oxygen atoms in total. The van der Waals surface area contributed by atoms with Crippen molar-refractivity contribution >= 4 is 23.3 Å². The van der Waals surface area contributed by atoms with Crippen molar-refractivity contribution in [2.75, 3.05) is 26.5 Å². The Kier molecular flexibility index (Phi) is 7.69. The molecule has 0 aliphatic heterocycles. The molecule has 2 heterocycles. The summed E-state index contributed by atoms with van der Waals surface area (Å²) in [6.07, 6.45) is 3.65. The van der Waals surface area contributed by atoms with Gasteiger partial charge in [0.15, 0.2) is 17.1 Å². The Morgan fingerprint density at radius 1 is 1.06 bits per heavy atom. The molecule has 0 unspecified atom stereocenters. The highest BCUT2D eigenvalue weighted by atomic mass is 32.2. The van der Waals surface area contributed by atoms with Gasteiger partial charge in [-0.3, -0.25) is 4.79 Å². The van der Waals surface area contributed by atoms with Gasteiger partial charge in [0, 0.05) is 17.8 Å². The SMILES string of the molecule is COc1ccc(-c2cnn3c(SCC(=O)NCCCc4ccccc4)cc(C)nc23)cc1OC. The van der Waals surface area contributed by atoms with Crippen LogP contribution in [0, 0.1) is 6.92 Å². The van der Waals surface area contributed by atoms with E-state index in [1.54, 1.807) is 24.9 Å². The first-order valence-electron chi connectivity index (χ1n) is 11.1. The van der Waals surface area contributed by atoms with Gasteiger partial charge in [-0.15, -0.1) is 0 Å². The Morgan fingerprint density at radius 2 is 1.85 bits per heavy atom. The maximum atomic E-state index is 12.4. The Bertz CT molecular complexity index is 1270. The fraction of sp³-hybridized carbons (Fsp3) is 0.269. The van der Waals surface area contributed by atoms with Crippen LogP contribution in [0.5, 0.6) is 11.5 Å². The van der Waals surface area contributed by atoms with Crippen molar-refractivity contribution in [3.63, 3.8) is 0 Å². The highest BCUT2D eigenvalue weighted by Gasteiger charge is 2.15. The molecule has 0 aliphatic rings. The number of aryl methyl sites for hydroxylation is 2. The molecule has 1 amide bonds. The summed E-state index contributed by atoms with van der Waals surface area (Å²) in [5.41, 5.74) is 4.69. The van der Waals surface area contributed by atoms with E-state index in [9.17, 15) is 4.79 Å². The molecule has 0 bridgehead atoms. The molecule has 0 spiro atoms.